The van der Waals surface area contributed by atoms with Crippen LogP contribution in [0.4, 0.5) is 0 Å². The molecule has 24 heavy (non-hydrogen) atoms. The van der Waals surface area contributed by atoms with Crippen molar-refractivity contribution in [3.63, 3.8) is 0 Å². The maximum absolute atomic E-state index is 10.3. The Morgan fingerprint density at radius 1 is 0.708 bits per heavy atom. The topological polar surface area (TPSA) is 63.3 Å². The fourth-order valence-corrected chi connectivity index (χ4v) is 2.65. The van der Waals surface area contributed by atoms with Gasteiger partial charge in [0.25, 0.3) is 0 Å². The summed E-state index contributed by atoms with van der Waals surface area (Å²) in [6.07, 6.45) is 20.2. The van der Waals surface area contributed by atoms with Crippen LogP contribution in [0.2, 0.25) is 0 Å². The molecule has 0 fully saturated rings. The molecule has 0 aliphatic heterocycles. The minimum Gasteiger partial charge on any atom is -0.481 e. The lowest BCUT2D eigenvalue weighted by atomic mass is 10.0. The monoisotopic (exact) mass is 343 g/mol. The summed E-state index contributed by atoms with van der Waals surface area (Å²) in [4.78, 5) is 10.3. The summed E-state index contributed by atoms with van der Waals surface area (Å²) in [5.41, 5.74) is 5.11. The maximum atomic E-state index is 10.3. The van der Waals surface area contributed by atoms with Crippen LogP contribution >= 0.6 is 0 Å². The summed E-state index contributed by atoms with van der Waals surface area (Å²) in [6.45, 7) is 6.16. The number of carboxylic acid groups (broad SMARTS) is 1. The minimum atomic E-state index is -0.653. The van der Waals surface area contributed by atoms with E-state index in [0.29, 0.717) is 12.5 Å². The molecule has 0 amide bonds. The van der Waals surface area contributed by atoms with E-state index in [1.165, 1.54) is 83.5 Å². The Hall–Kier alpha value is -0.570. The van der Waals surface area contributed by atoms with Crippen molar-refractivity contribution >= 4 is 5.97 Å². The summed E-state index contributed by atoms with van der Waals surface area (Å²) >= 11 is 0. The number of aliphatic carboxylic acids is 1. The molecule has 0 bridgehead atoms. The molecule has 0 rings (SSSR count). The van der Waals surface area contributed by atoms with Crippen molar-refractivity contribution < 1.29 is 9.90 Å². The molecule has 0 aliphatic rings. The number of unbranched alkanes of at least 4 members (excludes halogenated alkanes) is 14. The smallest absolute Gasteiger partial charge is 0.303 e. The quantitative estimate of drug-likeness (QED) is 0.307. The third kappa shape index (κ3) is 33.1. The number of hydrogen-bond donors (Lipinski definition) is 2. The zero-order valence-corrected chi connectivity index (χ0v) is 16.8. The first-order valence-corrected chi connectivity index (χ1v) is 10.5. The van der Waals surface area contributed by atoms with Crippen molar-refractivity contribution in [3.05, 3.63) is 0 Å². The van der Waals surface area contributed by atoms with Gasteiger partial charge in [-0.25, -0.2) is 0 Å². The molecule has 0 atom stereocenters. The molecule has 0 aromatic rings. The molecular formula is C21H45NO2. The van der Waals surface area contributed by atoms with Gasteiger partial charge in [-0.15, -0.1) is 0 Å². The maximum Gasteiger partial charge on any atom is 0.303 e. The highest BCUT2D eigenvalue weighted by Crippen LogP contribution is 2.13. The Labute approximate surface area is 151 Å². The SMILES string of the molecule is CC(C)N.CCCCCCCCCCCCCCCCCC(=O)O. The van der Waals surface area contributed by atoms with Crippen LogP contribution in [0.1, 0.15) is 124 Å². The molecule has 0 aliphatic carbocycles. The molecule has 0 saturated heterocycles. The molecule has 146 valence electrons. The number of rotatable bonds is 16. The molecule has 3 N–H and O–H groups in total. The fraction of sp³-hybridized carbons (Fsp3) is 0.952. The third-order valence-electron chi connectivity index (χ3n) is 3.99. The third-order valence-corrected chi connectivity index (χ3v) is 3.99. The predicted octanol–water partition coefficient (Wildman–Crippen LogP) is 6.69. The van der Waals surface area contributed by atoms with Crippen LogP contribution in [0.25, 0.3) is 0 Å². The van der Waals surface area contributed by atoms with Crippen LogP contribution in [-0.2, 0) is 4.79 Å². The normalized spacial score (nSPS) is 10.5. The van der Waals surface area contributed by atoms with E-state index in [9.17, 15) is 4.79 Å². The van der Waals surface area contributed by atoms with E-state index in [4.69, 9.17) is 10.8 Å². The van der Waals surface area contributed by atoms with Crippen molar-refractivity contribution in [3.8, 4) is 0 Å². The summed E-state index contributed by atoms with van der Waals surface area (Å²) in [7, 11) is 0. The number of carboxylic acids is 1. The van der Waals surface area contributed by atoms with E-state index in [1.807, 2.05) is 13.8 Å². The molecule has 3 heteroatoms. The molecule has 3 nitrogen and oxygen atoms in total. The van der Waals surface area contributed by atoms with Crippen LogP contribution in [-0.4, -0.2) is 17.1 Å². The molecular weight excluding hydrogens is 298 g/mol. The van der Waals surface area contributed by atoms with Gasteiger partial charge in [-0.1, -0.05) is 111 Å². The minimum absolute atomic E-state index is 0.333. The van der Waals surface area contributed by atoms with E-state index in [2.05, 4.69) is 6.92 Å². The fourth-order valence-electron chi connectivity index (χ4n) is 2.65. The average Bonchev–Trinajstić information content (AvgIpc) is 2.50. The Balaban J connectivity index is 0. The summed E-state index contributed by atoms with van der Waals surface area (Å²) in [5, 5.41) is 8.52. The number of hydrogen-bond acceptors (Lipinski definition) is 2. The summed E-state index contributed by atoms with van der Waals surface area (Å²) < 4.78 is 0. The highest BCUT2D eigenvalue weighted by molar-refractivity contribution is 5.66. The van der Waals surface area contributed by atoms with Gasteiger partial charge in [-0.3, -0.25) is 4.79 Å². The molecule has 0 heterocycles. The van der Waals surface area contributed by atoms with Gasteiger partial charge in [0.1, 0.15) is 0 Å². The van der Waals surface area contributed by atoms with Gasteiger partial charge in [0.05, 0.1) is 0 Å². The molecule has 0 aromatic heterocycles. The average molecular weight is 344 g/mol. The largest absolute Gasteiger partial charge is 0.481 e. The van der Waals surface area contributed by atoms with Gasteiger partial charge in [0.15, 0.2) is 0 Å². The second kappa shape index (κ2) is 22.4. The lowest BCUT2D eigenvalue weighted by molar-refractivity contribution is -0.137. The van der Waals surface area contributed by atoms with Gasteiger partial charge in [-0.2, -0.15) is 0 Å². The van der Waals surface area contributed by atoms with Gasteiger partial charge < -0.3 is 10.8 Å². The summed E-state index contributed by atoms with van der Waals surface area (Å²) in [6, 6.07) is 0.333. The first kappa shape index (κ1) is 25.7. The Morgan fingerprint density at radius 3 is 1.21 bits per heavy atom. The van der Waals surface area contributed by atoms with Gasteiger partial charge in [0, 0.05) is 6.42 Å². The van der Waals surface area contributed by atoms with Crippen molar-refractivity contribution in [2.45, 2.75) is 130 Å². The Morgan fingerprint density at radius 2 is 0.958 bits per heavy atom. The van der Waals surface area contributed by atoms with Crippen LogP contribution in [0.15, 0.2) is 0 Å². The molecule has 0 spiro atoms. The first-order valence-electron chi connectivity index (χ1n) is 10.5. The molecule has 0 unspecified atom stereocenters. The Kier molecular flexibility index (Phi) is 24.0. The van der Waals surface area contributed by atoms with Crippen molar-refractivity contribution in [2.75, 3.05) is 0 Å². The highest BCUT2D eigenvalue weighted by Gasteiger charge is 1.97. The summed E-state index contributed by atoms with van der Waals surface area (Å²) in [5.74, 6) is -0.653. The lowest BCUT2D eigenvalue weighted by Crippen LogP contribution is -2.06. The number of nitrogens with two attached hydrogens (primary N) is 1. The predicted molar refractivity (Wildman–Crippen MR) is 107 cm³/mol. The van der Waals surface area contributed by atoms with Crippen LogP contribution in [0, 0.1) is 0 Å². The van der Waals surface area contributed by atoms with E-state index in [0.717, 1.165) is 12.8 Å². The van der Waals surface area contributed by atoms with E-state index in [-0.39, 0.29) is 0 Å². The van der Waals surface area contributed by atoms with Crippen LogP contribution in [0.3, 0.4) is 0 Å². The molecule has 0 aromatic carbocycles. The first-order chi connectivity index (χ1) is 11.5. The van der Waals surface area contributed by atoms with Crippen LogP contribution in [0.5, 0.6) is 0 Å². The van der Waals surface area contributed by atoms with E-state index >= 15 is 0 Å². The number of carbonyl (C=O) groups is 1. The standard InChI is InChI=1S/C18H36O2.C3H9N/c1-2-3-4-5-6-7-8-9-10-11-12-13-14-15-16-17-18(19)20;1-3(2)4/h2-17H2,1H3,(H,19,20);3H,4H2,1-2H3. The van der Waals surface area contributed by atoms with Gasteiger partial charge in [0.2, 0.25) is 0 Å². The molecule has 0 saturated carbocycles. The van der Waals surface area contributed by atoms with Crippen molar-refractivity contribution in [1.29, 1.82) is 0 Å². The van der Waals surface area contributed by atoms with Crippen LogP contribution < -0.4 is 5.73 Å². The lowest BCUT2D eigenvalue weighted by Gasteiger charge is -2.03. The zero-order valence-electron chi connectivity index (χ0n) is 16.8. The second-order valence-electron chi connectivity index (χ2n) is 7.34. The van der Waals surface area contributed by atoms with E-state index < -0.39 is 5.97 Å². The van der Waals surface area contributed by atoms with Gasteiger partial charge >= 0.3 is 5.97 Å². The zero-order chi connectivity index (χ0) is 18.5. The van der Waals surface area contributed by atoms with Gasteiger partial charge in [-0.05, 0) is 12.5 Å². The second-order valence-corrected chi connectivity index (χ2v) is 7.34. The Bertz CT molecular complexity index is 239. The highest BCUT2D eigenvalue weighted by atomic mass is 16.4. The van der Waals surface area contributed by atoms with Crippen molar-refractivity contribution in [1.82, 2.24) is 0 Å². The van der Waals surface area contributed by atoms with Crippen molar-refractivity contribution in [2.24, 2.45) is 5.73 Å². The molecule has 0 radical (unpaired) electrons. The van der Waals surface area contributed by atoms with E-state index in [1.54, 1.807) is 0 Å².